The zero-order valence-electron chi connectivity index (χ0n) is 18.2. The number of nitrogens with zero attached hydrogens (tertiary/aromatic N) is 1. The molecule has 1 heterocycles. The van der Waals surface area contributed by atoms with E-state index >= 15 is 0 Å². The third-order valence-electron chi connectivity index (χ3n) is 4.78. The van der Waals surface area contributed by atoms with Gasteiger partial charge < -0.3 is 20.7 Å². The molecule has 0 aliphatic carbocycles. The van der Waals surface area contributed by atoms with Gasteiger partial charge in [0.2, 0.25) is 11.8 Å². The Bertz CT molecular complexity index is 1090. The molecule has 0 saturated carbocycles. The van der Waals surface area contributed by atoms with Gasteiger partial charge in [0.05, 0.1) is 10.9 Å². The van der Waals surface area contributed by atoms with Gasteiger partial charge in [-0.15, -0.1) is 0 Å². The summed E-state index contributed by atoms with van der Waals surface area (Å²) in [7, 11) is 0. The Morgan fingerprint density at radius 2 is 1.81 bits per heavy atom. The molecule has 2 atom stereocenters. The number of aromatic nitrogens is 2. The Morgan fingerprint density at radius 3 is 2.44 bits per heavy atom. The van der Waals surface area contributed by atoms with Crippen LogP contribution in [0.15, 0.2) is 33.9 Å². The van der Waals surface area contributed by atoms with E-state index in [1.807, 2.05) is 20.1 Å². The fraction of sp³-hybridized carbons (Fsp3) is 0.476. The number of carbonyl (C=O) groups is 3. The molecule has 0 unspecified atom stereocenters. The van der Waals surface area contributed by atoms with Crippen LogP contribution in [-0.2, 0) is 20.9 Å². The van der Waals surface area contributed by atoms with Crippen molar-refractivity contribution in [3.63, 3.8) is 0 Å². The molecule has 4 N–H and O–H groups in total. The Balaban J connectivity index is 2.18. The Morgan fingerprint density at radius 1 is 1.12 bits per heavy atom. The first kappa shape index (κ1) is 25.2. The lowest BCUT2D eigenvalue weighted by atomic mass is 10.0. The highest BCUT2D eigenvalue weighted by molar-refractivity contribution is 7.98. The van der Waals surface area contributed by atoms with Crippen LogP contribution < -0.4 is 21.9 Å². The molecule has 0 saturated heterocycles. The lowest BCUT2D eigenvalue weighted by molar-refractivity contribution is -0.142. The number of carbonyl (C=O) groups excluding carboxylic acids is 2. The second-order valence-electron chi connectivity index (χ2n) is 7.80. The van der Waals surface area contributed by atoms with Crippen LogP contribution in [-0.4, -0.2) is 56.5 Å². The van der Waals surface area contributed by atoms with Crippen molar-refractivity contribution in [1.82, 2.24) is 20.2 Å². The fourth-order valence-corrected chi connectivity index (χ4v) is 3.67. The molecule has 11 heteroatoms. The Labute approximate surface area is 188 Å². The van der Waals surface area contributed by atoms with E-state index in [0.29, 0.717) is 11.3 Å². The molecule has 0 radical (unpaired) electrons. The highest BCUT2D eigenvalue weighted by Gasteiger charge is 2.27. The van der Waals surface area contributed by atoms with E-state index < -0.39 is 47.7 Å². The summed E-state index contributed by atoms with van der Waals surface area (Å²) < 4.78 is 0.764. The van der Waals surface area contributed by atoms with E-state index in [1.54, 1.807) is 18.2 Å². The summed E-state index contributed by atoms with van der Waals surface area (Å²) >= 11 is 1.46. The molecule has 0 aliphatic heterocycles. The van der Waals surface area contributed by atoms with Gasteiger partial charge in [-0.1, -0.05) is 26.0 Å². The highest BCUT2D eigenvalue weighted by Crippen LogP contribution is 2.08. The summed E-state index contributed by atoms with van der Waals surface area (Å²) in [5.41, 5.74) is -0.995. The standard InChI is InChI=1S/C21H28N4O6S/c1-12(2)10-16(18(27)23-15(20(29)30)8-9-32-3)22-17(26)11-25-19(28)13-6-4-5-7-14(13)24-21(25)31/h4-7,12,15-16H,8-11H2,1-3H3,(H,22,26)(H,23,27)(H,24,31)(H,29,30)/t15-,16-/m0/s1. The predicted molar refractivity (Wildman–Crippen MR) is 123 cm³/mol. The van der Waals surface area contributed by atoms with E-state index in [2.05, 4.69) is 15.6 Å². The summed E-state index contributed by atoms with van der Waals surface area (Å²) in [6.07, 6.45) is 2.33. The van der Waals surface area contributed by atoms with E-state index in [4.69, 9.17) is 0 Å². The summed E-state index contributed by atoms with van der Waals surface area (Å²) in [5.74, 6) is -1.92. The van der Waals surface area contributed by atoms with Crippen molar-refractivity contribution in [2.75, 3.05) is 12.0 Å². The van der Waals surface area contributed by atoms with Crippen LogP contribution in [0.5, 0.6) is 0 Å². The van der Waals surface area contributed by atoms with E-state index in [1.165, 1.54) is 17.8 Å². The summed E-state index contributed by atoms with van der Waals surface area (Å²) in [6, 6.07) is 4.36. The number of hydrogen-bond donors (Lipinski definition) is 4. The van der Waals surface area contributed by atoms with Crippen LogP contribution in [0.2, 0.25) is 0 Å². The molecule has 2 amide bonds. The number of para-hydroxylation sites is 1. The molecule has 0 bridgehead atoms. The molecule has 1 aromatic carbocycles. The highest BCUT2D eigenvalue weighted by atomic mass is 32.2. The molecule has 0 spiro atoms. The predicted octanol–water partition coefficient (Wildman–Crippen LogP) is 0.543. The van der Waals surface area contributed by atoms with Gasteiger partial charge in [-0.25, -0.2) is 9.59 Å². The second-order valence-corrected chi connectivity index (χ2v) is 8.78. The number of H-pyrrole nitrogens is 1. The molecular weight excluding hydrogens is 436 g/mol. The van der Waals surface area contributed by atoms with Gasteiger partial charge in [-0.05, 0) is 42.9 Å². The molecule has 1 aromatic heterocycles. The summed E-state index contributed by atoms with van der Waals surface area (Å²) in [6.45, 7) is 3.14. The van der Waals surface area contributed by atoms with Crippen molar-refractivity contribution < 1.29 is 19.5 Å². The van der Waals surface area contributed by atoms with E-state index in [9.17, 15) is 29.1 Å². The maximum atomic E-state index is 12.7. The minimum absolute atomic E-state index is 0.0207. The number of nitrogens with one attached hydrogen (secondary N) is 3. The number of hydrogen-bond acceptors (Lipinski definition) is 6. The van der Waals surface area contributed by atoms with Crippen LogP contribution >= 0.6 is 11.8 Å². The largest absolute Gasteiger partial charge is 0.480 e. The Hall–Kier alpha value is -3.08. The fourth-order valence-electron chi connectivity index (χ4n) is 3.19. The topological polar surface area (TPSA) is 150 Å². The van der Waals surface area contributed by atoms with Gasteiger partial charge in [0.15, 0.2) is 0 Å². The zero-order valence-corrected chi connectivity index (χ0v) is 19.0. The minimum Gasteiger partial charge on any atom is -0.480 e. The lowest BCUT2D eigenvalue weighted by Gasteiger charge is -2.23. The second kappa shape index (κ2) is 11.5. The number of aliphatic carboxylic acids is 1. The van der Waals surface area contributed by atoms with Crippen LogP contribution in [0.1, 0.15) is 26.7 Å². The van der Waals surface area contributed by atoms with Crippen LogP contribution in [0.3, 0.4) is 0 Å². The summed E-state index contributed by atoms with van der Waals surface area (Å²) in [4.78, 5) is 64.2. The minimum atomic E-state index is -1.16. The first-order valence-corrected chi connectivity index (χ1v) is 11.6. The van der Waals surface area contributed by atoms with Gasteiger partial charge in [-0.2, -0.15) is 11.8 Å². The number of aromatic amines is 1. The molecule has 32 heavy (non-hydrogen) atoms. The van der Waals surface area contributed by atoms with Crippen molar-refractivity contribution in [1.29, 1.82) is 0 Å². The van der Waals surface area contributed by atoms with E-state index in [0.717, 1.165) is 4.57 Å². The van der Waals surface area contributed by atoms with Gasteiger partial charge in [-0.3, -0.25) is 19.0 Å². The number of thioether (sulfide) groups is 1. The third kappa shape index (κ3) is 6.71. The molecule has 174 valence electrons. The molecule has 10 nitrogen and oxygen atoms in total. The van der Waals surface area contributed by atoms with Crippen molar-refractivity contribution in [2.45, 2.75) is 45.3 Å². The maximum absolute atomic E-state index is 12.7. The number of amides is 2. The lowest BCUT2D eigenvalue weighted by Crippen LogP contribution is -2.53. The number of benzene rings is 1. The number of rotatable bonds is 11. The zero-order chi connectivity index (χ0) is 23.8. The number of carboxylic acid groups (broad SMARTS) is 1. The monoisotopic (exact) mass is 464 g/mol. The van der Waals surface area contributed by atoms with Gasteiger partial charge in [0, 0.05) is 0 Å². The van der Waals surface area contributed by atoms with Crippen molar-refractivity contribution >= 4 is 40.4 Å². The van der Waals surface area contributed by atoms with Crippen molar-refractivity contribution in [2.24, 2.45) is 5.92 Å². The SMILES string of the molecule is CSCC[C@H](NC(=O)[C@H](CC(C)C)NC(=O)Cn1c(=O)[nH]c2ccccc2c1=O)C(=O)O. The van der Waals surface area contributed by atoms with Crippen LogP contribution in [0.4, 0.5) is 0 Å². The van der Waals surface area contributed by atoms with E-state index in [-0.39, 0.29) is 24.1 Å². The smallest absolute Gasteiger partial charge is 0.329 e. The molecule has 0 fully saturated rings. The first-order valence-electron chi connectivity index (χ1n) is 10.2. The average molecular weight is 465 g/mol. The van der Waals surface area contributed by atoms with Crippen LogP contribution in [0, 0.1) is 5.92 Å². The van der Waals surface area contributed by atoms with Crippen molar-refractivity contribution in [3.8, 4) is 0 Å². The molecular formula is C21H28N4O6S. The van der Waals surface area contributed by atoms with Crippen LogP contribution in [0.25, 0.3) is 10.9 Å². The van der Waals surface area contributed by atoms with Gasteiger partial charge in [0.25, 0.3) is 5.56 Å². The Kier molecular flexibility index (Phi) is 9.06. The first-order chi connectivity index (χ1) is 15.1. The quantitative estimate of drug-likeness (QED) is 0.379. The normalized spacial score (nSPS) is 13.0. The maximum Gasteiger partial charge on any atom is 0.329 e. The number of carboxylic acids is 1. The average Bonchev–Trinajstić information content (AvgIpc) is 2.73. The third-order valence-corrected chi connectivity index (χ3v) is 5.42. The summed E-state index contributed by atoms with van der Waals surface area (Å²) in [5, 5.41) is 14.6. The van der Waals surface area contributed by atoms with Gasteiger partial charge in [0.1, 0.15) is 18.6 Å². The van der Waals surface area contributed by atoms with Gasteiger partial charge >= 0.3 is 11.7 Å². The molecule has 0 aliphatic rings. The van der Waals surface area contributed by atoms with Crippen molar-refractivity contribution in [3.05, 3.63) is 45.1 Å². The molecule has 2 aromatic rings. The number of fused-ring (bicyclic) bond motifs is 1. The molecule has 2 rings (SSSR count).